The molecule has 5 nitrogen and oxygen atoms in total. The van der Waals surface area contributed by atoms with E-state index in [1.807, 2.05) is 60.3 Å². The van der Waals surface area contributed by atoms with Gasteiger partial charge in [0.15, 0.2) is 5.78 Å². The van der Waals surface area contributed by atoms with Crippen LogP contribution in [0.25, 0.3) is 0 Å². The lowest BCUT2D eigenvalue weighted by Gasteiger charge is -2.29. The average Bonchev–Trinajstić information content (AvgIpc) is 3.10. The first-order chi connectivity index (χ1) is 13.1. The molecule has 1 saturated heterocycles. The van der Waals surface area contributed by atoms with E-state index in [1.165, 1.54) is 19.3 Å². The molecule has 0 aliphatic carbocycles. The van der Waals surface area contributed by atoms with Gasteiger partial charge in [-0.2, -0.15) is 0 Å². The van der Waals surface area contributed by atoms with E-state index in [2.05, 4.69) is 4.90 Å². The summed E-state index contributed by atoms with van der Waals surface area (Å²) in [7, 11) is 1.96. The molecule has 1 fully saturated rings. The molecule has 0 saturated carbocycles. The van der Waals surface area contributed by atoms with Gasteiger partial charge in [-0.1, -0.05) is 36.8 Å². The molecule has 1 aromatic carbocycles. The SMILES string of the molecule is Cn1cccc1CC(OCC(O)CN1CCCCC1)C(=O)c1ccccc1. The van der Waals surface area contributed by atoms with E-state index in [0.29, 0.717) is 18.5 Å². The molecule has 0 amide bonds. The molecule has 2 atom stereocenters. The van der Waals surface area contributed by atoms with Gasteiger partial charge < -0.3 is 19.3 Å². The number of ketones is 1. The maximum absolute atomic E-state index is 13.0. The van der Waals surface area contributed by atoms with Crippen LogP contribution in [-0.4, -0.2) is 58.8 Å². The Morgan fingerprint density at radius 3 is 2.52 bits per heavy atom. The van der Waals surface area contributed by atoms with Gasteiger partial charge in [-0.05, 0) is 38.1 Å². The Bertz CT molecular complexity index is 707. The zero-order chi connectivity index (χ0) is 19.1. The lowest BCUT2D eigenvalue weighted by Crippen LogP contribution is -2.39. The number of Topliss-reactive ketones (excluding diaryl/α,β-unsaturated/α-hetero) is 1. The average molecular weight is 370 g/mol. The number of β-amino-alcohol motifs (C(OH)–C–C–N with tert-alkyl or cyclic N) is 1. The fraction of sp³-hybridized carbons (Fsp3) is 0.500. The summed E-state index contributed by atoms with van der Waals surface area (Å²) < 4.78 is 7.95. The third-order valence-corrected chi connectivity index (χ3v) is 5.20. The number of piperidine rings is 1. The number of aliphatic hydroxyl groups excluding tert-OH is 1. The number of hydrogen-bond acceptors (Lipinski definition) is 4. The van der Waals surface area contributed by atoms with Crippen molar-refractivity contribution < 1.29 is 14.6 Å². The highest BCUT2D eigenvalue weighted by Gasteiger charge is 2.24. The van der Waals surface area contributed by atoms with Crippen LogP contribution in [0.5, 0.6) is 0 Å². The molecule has 5 heteroatoms. The van der Waals surface area contributed by atoms with Crippen LogP contribution in [0.1, 0.15) is 35.3 Å². The number of benzene rings is 1. The number of carbonyl (C=O) groups excluding carboxylic acids is 1. The van der Waals surface area contributed by atoms with E-state index in [4.69, 9.17) is 4.74 Å². The number of likely N-dealkylation sites (tertiary alicyclic amines) is 1. The summed E-state index contributed by atoms with van der Waals surface area (Å²) in [5.74, 6) is -0.0398. The quantitative estimate of drug-likeness (QED) is 0.690. The third kappa shape index (κ3) is 5.76. The zero-order valence-electron chi connectivity index (χ0n) is 16.1. The van der Waals surface area contributed by atoms with Gasteiger partial charge in [-0.15, -0.1) is 0 Å². The molecule has 2 aromatic rings. The lowest BCUT2D eigenvalue weighted by molar-refractivity contribution is -0.0154. The normalized spacial score (nSPS) is 17.6. The Labute approximate surface area is 161 Å². The highest BCUT2D eigenvalue weighted by Crippen LogP contribution is 2.14. The highest BCUT2D eigenvalue weighted by atomic mass is 16.5. The maximum Gasteiger partial charge on any atom is 0.191 e. The van der Waals surface area contributed by atoms with Crippen molar-refractivity contribution in [2.24, 2.45) is 7.05 Å². The molecule has 1 aliphatic rings. The molecule has 146 valence electrons. The van der Waals surface area contributed by atoms with Crippen LogP contribution in [-0.2, 0) is 18.2 Å². The molecule has 0 radical (unpaired) electrons. The number of hydrogen-bond donors (Lipinski definition) is 1. The molecule has 0 bridgehead atoms. The molecule has 2 heterocycles. The Hall–Kier alpha value is -1.95. The maximum atomic E-state index is 13.0. The van der Waals surface area contributed by atoms with E-state index in [-0.39, 0.29) is 12.4 Å². The first-order valence-corrected chi connectivity index (χ1v) is 9.85. The summed E-state index contributed by atoms with van der Waals surface area (Å²) in [5.41, 5.74) is 1.68. The molecule has 3 rings (SSSR count). The topological polar surface area (TPSA) is 54.7 Å². The Morgan fingerprint density at radius 2 is 1.85 bits per heavy atom. The predicted octanol–water partition coefficient (Wildman–Crippen LogP) is 2.68. The molecule has 1 N–H and O–H groups in total. The minimum absolute atomic E-state index is 0.0398. The summed E-state index contributed by atoms with van der Waals surface area (Å²) in [6, 6.07) is 13.2. The number of nitrogens with zero attached hydrogens (tertiary/aromatic N) is 2. The van der Waals surface area contributed by atoms with Gasteiger partial charge in [-0.25, -0.2) is 0 Å². The van der Waals surface area contributed by atoms with Crippen LogP contribution in [0.2, 0.25) is 0 Å². The zero-order valence-corrected chi connectivity index (χ0v) is 16.1. The molecular formula is C22H30N2O3. The molecule has 1 aliphatic heterocycles. The van der Waals surface area contributed by atoms with Crippen LogP contribution < -0.4 is 0 Å². The number of aromatic nitrogens is 1. The molecule has 2 unspecified atom stereocenters. The minimum Gasteiger partial charge on any atom is -0.389 e. The number of rotatable bonds is 9. The van der Waals surface area contributed by atoms with E-state index in [9.17, 15) is 9.90 Å². The van der Waals surface area contributed by atoms with Gasteiger partial charge in [0.1, 0.15) is 6.10 Å². The molecule has 1 aromatic heterocycles. The van der Waals surface area contributed by atoms with E-state index >= 15 is 0 Å². The third-order valence-electron chi connectivity index (χ3n) is 5.20. The van der Waals surface area contributed by atoms with Crippen LogP contribution >= 0.6 is 0 Å². The molecule has 27 heavy (non-hydrogen) atoms. The monoisotopic (exact) mass is 370 g/mol. The standard InChI is InChI=1S/C22H30N2O3/c1-23-12-8-11-19(23)15-21(22(26)18-9-4-2-5-10-18)27-17-20(25)16-24-13-6-3-7-14-24/h2,4-5,8-12,20-21,25H,3,6-7,13-17H2,1H3. The van der Waals surface area contributed by atoms with Crippen molar-refractivity contribution >= 4 is 5.78 Å². The lowest BCUT2D eigenvalue weighted by atomic mass is 10.0. The first-order valence-electron chi connectivity index (χ1n) is 9.85. The smallest absolute Gasteiger partial charge is 0.191 e. The Kier molecular flexibility index (Phi) is 7.21. The van der Waals surface area contributed by atoms with Gasteiger partial charge in [0, 0.05) is 37.5 Å². The van der Waals surface area contributed by atoms with Crippen molar-refractivity contribution in [2.75, 3.05) is 26.2 Å². The van der Waals surface area contributed by atoms with E-state index in [1.54, 1.807) is 0 Å². The first kappa shape index (κ1) is 19.8. The number of carbonyl (C=O) groups is 1. The highest BCUT2D eigenvalue weighted by molar-refractivity contribution is 5.99. The Balaban J connectivity index is 1.62. The summed E-state index contributed by atoms with van der Waals surface area (Å²) in [5, 5.41) is 10.4. The molecular weight excluding hydrogens is 340 g/mol. The van der Waals surface area contributed by atoms with E-state index < -0.39 is 12.2 Å². The predicted molar refractivity (Wildman–Crippen MR) is 106 cm³/mol. The van der Waals surface area contributed by atoms with Gasteiger partial charge in [-0.3, -0.25) is 4.79 Å². The van der Waals surface area contributed by atoms with Crippen molar-refractivity contribution in [3.8, 4) is 0 Å². The Morgan fingerprint density at radius 1 is 1.11 bits per heavy atom. The van der Waals surface area contributed by atoms with Crippen LogP contribution in [0.3, 0.4) is 0 Å². The summed E-state index contributed by atoms with van der Waals surface area (Å²) in [6.07, 6.45) is 4.93. The number of aryl methyl sites for hydroxylation is 1. The van der Waals surface area contributed by atoms with Crippen molar-refractivity contribution in [2.45, 2.75) is 37.9 Å². The largest absolute Gasteiger partial charge is 0.389 e. The second-order valence-electron chi connectivity index (χ2n) is 7.38. The summed E-state index contributed by atoms with van der Waals surface area (Å²) in [6.45, 7) is 2.85. The fourth-order valence-corrected chi connectivity index (χ4v) is 3.63. The van der Waals surface area contributed by atoms with Gasteiger partial charge in [0.2, 0.25) is 0 Å². The fourth-order valence-electron chi connectivity index (χ4n) is 3.63. The number of aliphatic hydroxyl groups is 1. The summed E-state index contributed by atoms with van der Waals surface area (Å²) >= 11 is 0. The minimum atomic E-state index is -0.600. The van der Waals surface area contributed by atoms with Crippen LogP contribution in [0.4, 0.5) is 0 Å². The number of ether oxygens (including phenoxy) is 1. The van der Waals surface area contributed by atoms with Gasteiger partial charge in [0.25, 0.3) is 0 Å². The van der Waals surface area contributed by atoms with Crippen molar-refractivity contribution in [3.63, 3.8) is 0 Å². The van der Waals surface area contributed by atoms with Crippen LogP contribution in [0.15, 0.2) is 48.7 Å². The summed E-state index contributed by atoms with van der Waals surface area (Å²) in [4.78, 5) is 15.2. The van der Waals surface area contributed by atoms with Crippen molar-refractivity contribution in [3.05, 3.63) is 59.9 Å². The molecule has 0 spiro atoms. The van der Waals surface area contributed by atoms with Crippen LogP contribution in [0, 0.1) is 0 Å². The second kappa shape index (κ2) is 9.83. The van der Waals surface area contributed by atoms with E-state index in [0.717, 1.165) is 18.8 Å². The van der Waals surface area contributed by atoms with Crippen molar-refractivity contribution in [1.29, 1.82) is 0 Å². The second-order valence-corrected chi connectivity index (χ2v) is 7.38. The van der Waals surface area contributed by atoms with Gasteiger partial charge in [0.05, 0.1) is 12.7 Å². The van der Waals surface area contributed by atoms with Gasteiger partial charge >= 0.3 is 0 Å². The van der Waals surface area contributed by atoms with Crippen molar-refractivity contribution in [1.82, 2.24) is 9.47 Å².